The van der Waals surface area contributed by atoms with Crippen molar-refractivity contribution in [2.45, 2.75) is 34.1 Å². The van der Waals surface area contributed by atoms with E-state index in [4.69, 9.17) is 0 Å². The summed E-state index contributed by atoms with van der Waals surface area (Å²) in [5.74, 6) is 1.11. The summed E-state index contributed by atoms with van der Waals surface area (Å²) in [6, 6.07) is 6.00. The lowest BCUT2D eigenvalue weighted by Crippen LogP contribution is -2.47. The zero-order valence-corrected chi connectivity index (χ0v) is 13.8. The number of nitrogens with zero attached hydrogens (tertiary/aromatic N) is 1. The Labute approximate surface area is 131 Å². The number of rotatable bonds is 2. The molecule has 3 heteroatoms. The Kier molecular flexibility index (Phi) is 3.67. The molecule has 0 bridgehead atoms. The van der Waals surface area contributed by atoms with E-state index in [1.54, 1.807) is 0 Å². The van der Waals surface area contributed by atoms with Crippen molar-refractivity contribution in [3.63, 3.8) is 0 Å². The summed E-state index contributed by atoms with van der Waals surface area (Å²) in [5.41, 5.74) is 3.86. The predicted molar refractivity (Wildman–Crippen MR) is 91.4 cm³/mol. The topological polar surface area (TPSA) is 37.4 Å². The molecule has 2 atom stereocenters. The first-order valence-corrected chi connectivity index (χ1v) is 8.04. The lowest BCUT2D eigenvalue weighted by Gasteiger charge is -2.37. The Balaban J connectivity index is 2.04. The van der Waals surface area contributed by atoms with Gasteiger partial charge in [0.2, 0.25) is 10.9 Å². The summed E-state index contributed by atoms with van der Waals surface area (Å²) >= 11 is 0. The zero-order chi connectivity index (χ0) is 16.0. The van der Waals surface area contributed by atoms with E-state index in [0.29, 0.717) is 23.1 Å². The highest BCUT2D eigenvalue weighted by Crippen LogP contribution is 2.32. The minimum absolute atomic E-state index is 0.311. The van der Waals surface area contributed by atoms with Gasteiger partial charge in [0, 0.05) is 13.1 Å². The van der Waals surface area contributed by atoms with Crippen LogP contribution in [0.2, 0.25) is 0 Å². The second-order valence-electron chi connectivity index (χ2n) is 7.03. The molecule has 1 fully saturated rings. The summed E-state index contributed by atoms with van der Waals surface area (Å²) in [7, 11) is 0. The molecular formula is C19H23NO2. The van der Waals surface area contributed by atoms with E-state index in [9.17, 15) is 9.59 Å². The molecular weight excluding hydrogens is 274 g/mol. The van der Waals surface area contributed by atoms with E-state index in [2.05, 4.69) is 25.7 Å². The highest BCUT2D eigenvalue weighted by Gasteiger charge is 2.31. The van der Waals surface area contributed by atoms with Gasteiger partial charge in [-0.3, -0.25) is 9.59 Å². The molecule has 0 saturated carbocycles. The van der Waals surface area contributed by atoms with E-state index in [1.165, 1.54) is 12.0 Å². The normalized spacial score (nSPS) is 22.3. The summed E-state index contributed by atoms with van der Waals surface area (Å²) in [4.78, 5) is 26.4. The third-order valence-electron chi connectivity index (χ3n) is 4.87. The van der Waals surface area contributed by atoms with Crippen LogP contribution in [0.4, 0.5) is 5.69 Å². The fourth-order valence-electron chi connectivity index (χ4n) is 3.69. The molecule has 0 unspecified atom stereocenters. The molecule has 3 rings (SSSR count). The monoisotopic (exact) mass is 297 g/mol. The second-order valence-corrected chi connectivity index (χ2v) is 7.03. The molecule has 0 radical (unpaired) electrons. The summed E-state index contributed by atoms with van der Waals surface area (Å²) in [5, 5.41) is 0. The van der Waals surface area contributed by atoms with Gasteiger partial charge in [0.1, 0.15) is 5.69 Å². The number of hydrogen-bond acceptors (Lipinski definition) is 3. The molecule has 0 spiro atoms. The van der Waals surface area contributed by atoms with Crippen LogP contribution in [-0.2, 0) is 0 Å². The SMILES string of the molecule is Cc1ccc(-c2c(N3C[C@@H](C)C[C@H](C)C3)c(=O)c2=O)cc1C. The third kappa shape index (κ3) is 2.39. The summed E-state index contributed by atoms with van der Waals surface area (Å²) in [6.45, 7) is 10.2. The van der Waals surface area contributed by atoms with Gasteiger partial charge < -0.3 is 4.90 Å². The van der Waals surface area contributed by atoms with Gasteiger partial charge in [-0.25, -0.2) is 0 Å². The third-order valence-corrected chi connectivity index (χ3v) is 4.87. The maximum Gasteiger partial charge on any atom is 0.250 e. The molecule has 2 aromatic rings. The molecule has 0 aliphatic carbocycles. The van der Waals surface area contributed by atoms with E-state index < -0.39 is 0 Å². The van der Waals surface area contributed by atoms with E-state index in [-0.39, 0.29) is 10.9 Å². The van der Waals surface area contributed by atoms with Crippen molar-refractivity contribution in [2.75, 3.05) is 18.0 Å². The van der Waals surface area contributed by atoms with Gasteiger partial charge in [-0.15, -0.1) is 0 Å². The number of hydrogen-bond donors (Lipinski definition) is 0. The fourth-order valence-corrected chi connectivity index (χ4v) is 3.69. The van der Waals surface area contributed by atoms with Gasteiger partial charge in [0.15, 0.2) is 0 Å². The molecule has 1 aliphatic heterocycles. The minimum atomic E-state index is -0.330. The van der Waals surface area contributed by atoms with Crippen molar-refractivity contribution in [3.8, 4) is 11.1 Å². The zero-order valence-electron chi connectivity index (χ0n) is 13.8. The van der Waals surface area contributed by atoms with Crippen molar-refractivity contribution >= 4 is 5.69 Å². The standard InChI is InChI=1S/C19H23NO2/c1-11-7-12(2)10-20(9-11)17-16(18(21)19(17)22)15-6-5-13(3)14(4)8-15/h5-6,8,11-12H,7,9-10H2,1-4H3/t11-,12-/m0/s1. The molecule has 116 valence electrons. The van der Waals surface area contributed by atoms with E-state index >= 15 is 0 Å². The first kappa shape index (κ1) is 15.0. The molecule has 0 aromatic heterocycles. The van der Waals surface area contributed by atoms with Gasteiger partial charge >= 0.3 is 0 Å². The number of anilines is 1. The van der Waals surface area contributed by atoms with Gasteiger partial charge in [-0.1, -0.05) is 32.0 Å². The Morgan fingerprint density at radius 1 is 0.955 bits per heavy atom. The summed E-state index contributed by atoms with van der Waals surface area (Å²) < 4.78 is 0. The highest BCUT2D eigenvalue weighted by atomic mass is 16.2. The van der Waals surface area contributed by atoms with Crippen LogP contribution in [0, 0.1) is 25.7 Å². The minimum Gasteiger partial charge on any atom is -0.367 e. The maximum absolute atomic E-state index is 12.2. The maximum atomic E-state index is 12.2. The van der Waals surface area contributed by atoms with Crippen LogP contribution in [0.5, 0.6) is 0 Å². The number of piperidine rings is 1. The Morgan fingerprint density at radius 3 is 2.18 bits per heavy atom. The van der Waals surface area contributed by atoms with Crippen molar-refractivity contribution in [3.05, 3.63) is 49.8 Å². The quantitative estimate of drug-likeness (QED) is 0.800. The second kappa shape index (κ2) is 5.38. The van der Waals surface area contributed by atoms with E-state index in [1.807, 2.05) is 25.1 Å². The van der Waals surface area contributed by atoms with Crippen molar-refractivity contribution in [1.29, 1.82) is 0 Å². The van der Waals surface area contributed by atoms with Crippen molar-refractivity contribution in [1.82, 2.24) is 0 Å². The van der Waals surface area contributed by atoms with Gasteiger partial charge in [-0.2, -0.15) is 0 Å². The van der Waals surface area contributed by atoms with Crippen LogP contribution in [-0.4, -0.2) is 13.1 Å². The lowest BCUT2D eigenvalue weighted by atomic mass is 9.89. The van der Waals surface area contributed by atoms with Gasteiger partial charge in [0.25, 0.3) is 0 Å². The first-order valence-electron chi connectivity index (χ1n) is 8.04. The molecule has 1 aliphatic rings. The smallest absolute Gasteiger partial charge is 0.250 e. The van der Waals surface area contributed by atoms with Gasteiger partial charge in [-0.05, 0) is 48.8 Å². The highest BCUT2D eigenvalue weighted by molar-refractivity contribution is 5.83. The predicted octanol–water partition coefficient (Wildman–Crippen LogP) is 3.05. The van der Waals surface area contributed by atoms with Crippen LogP contribution in [0.3, 0.4) is 0 Å². The Hall–Kier alpha value is -1.90. The molecule has 0 amide bonds. The van der Waals surface area contributed by atoms with Crippen LogP contribution in [0.15, 0.2) is 27.8 Å². The van der Waals surface area contributed by atoms with Crippen molar-refractivity contribution < 1.29 is 0 Å². The molecule has 3 nitrogen and oxygen atoms in total. The Morgan fingerprint density at radius 2 is 1.59 bits per heavy atom. The Bertz CT molecular complexity index is 773. The fraction of sp³-hybridized carbons (Fsp3) is 0.474. The van der Waals surface area contributed by atoms with E-state index in [0.717, 1.165) is 24.2 Å². The van der Waals surface area contributed by atoms with Crippen LogP contribution >= 0.6 is 0 Å². The summed E-state index contributed by atoms with van der Waals surface area (Å²) in [6.07, 6.45) is 1.19. The molecule has 0 N–H and O–H groups in total. The average molecular weight is 297 g/mol. The average Bonchev–Trinajstić information content (AvgIpc) is 2.45. The molecule has 1 saturated heterocycles. The van der Waals surface area contributed by atoms with Crippen LogP contribution in [0.25, 0.3) is 11.1 Å². The molecule has 1 heterocycles. The van der Waals surface area contributed by atoms with Gasteiger partial charge in [0.05, 0.1) is 5.56 Å². The lowest BCUT2D eigenvalue weighted by molar-refractivity contribution is 0.356. The largest absolute Gasteiger partial charge is 0.367 e. The molecule has 2 aromatic carbocycles. The van der Waals surface area contributed by atoms with Crippen LogP contribution in [0.1, 0.15) is 31.4 Å². The molecule has 22 heavy (non-hydrogen) atoms. The first-order chi connectivity index (χ1) is 10.4. The number of aryl methyl sites for hydroxylation is 2. The van der Waals surface area contributed by atoms with Crippen molar-refractivity contribution in [2.24, 2.45) is 11.8 Å². The number of benzene rings is 1. The van der Waals surface area contributed by atoms with Crippen LogP contribution < -0.4 is 15.8 Å².